The van der Waals surface area contributed by atoms with Crippen LogP contribution in [0.2, 0.25) is 0 Å². The normalized spacial score (nSPS) is 18.2. The van der Waals surface area contributed by atoms with Crippen LogP contribution in [0.1, 0.15) is 18.9 Å². The van der Waals surface area contributed by atoms with Gasteiger partial charge in [-0.2, -0.15) is 0 Å². The van der Waals surface area contributed by atoms with E-state index in [4.69, 9.17) is 0 Å². The third kappa shape index (κ3) is 5.76. The summed E-state index contributed by atoms with van der Waals surface area (Å²) in [5.41, 5.74) is 1.18. The Bertz CT molecular complexity index is 375. The van der Waals surface area contributed by atoms with Crippen molar-refractivity contribution in [1.29, 1.82) is 0 Å². The van der Waals surface area contributed by atoms with E-state index in [0.29, 0.717) is 12.5 Å². The number of amides is 1. The molecular weight excluding hydrogens is 285 g/mol. The number of aromatic nitrogens is 1. The summed E-state index contributed by atoms with van der Waals surface area (Å²) in [6.07, 6.45) is 4.94. The van der Waals surface area contributed by atoms with E-state index in [9.17, 15) is 4.79 Å². The second-order valence-electron chi connectivity index (χ2n) is 4.55. The van der Waals surface area contributed by atoms with E-state index in [-0.39, 0.29) is 30.7 Å². The van der Waals surface area contributed by atoms with Gasteiger partial charge in [-0.1, -0.05) is 0 Å². The number of rotatable bonds is 3. The van der Waals surface area contributed by atoms with Gasteiger partial charge in [-0.05, 0) is 31.0 Å². The molecule has 1 N–H and O–H groups in total. The Labute approximate surface area is 126 Å². The topological polar surface area (TPSA) is 45.2 Å². The summed E-state index contributed by atoms with van der Waals surface area (Å²) in [6.45, 7) is 4.68. The highest BCUT2D eigenvalue weighted by molar-refractivity contribution is 5.85. The monoisotopic (exact) mass is 305 g/mol. The van der Waals surface area contributed by atoms with Gasteiger partial charge in [0.2, 0.25) is 5.91 Å². The van der Waals surface area contributed by atoms with Gasteiger partial charge in [0.1, 0.15) is 0 Å². The van der Waals surface area contributed by atoms with Gasteiger partial charge >= 0.3 is 0 Å². The first-order valence-electron chi connectivity index (χ1n) is 6.16. The first kappa shape index (κ1) is 18.2. The molecule has 0 aromatic carbocycles. The molecule has 1 aliphatic heterocycles. The Hall–Kier alpha value is -0.840. The zero-order valence-electron chi connectivity index (χ0n) is 11.0. The van der Waals surface area contributed by atoms with Crippen LogP contribution >= 0.6 is 24.8 Å². The third-order valence-electron chi connectivity index (χ3n) is 3.10. The molecule has 0 saturated carbocycles. The molecule has 1 amide bonds. The molecule has 1 aromatic heterocycles. The second-order valence-corrected chi connectivity index (χ2v) is 4.55. The van der Waals surface area contributed by atoms with Crippen molar-refractivity contribution in [1.82, 2.24) is 15.2 Å². The maximum absolute atomic E-state index is 12.0. The summed E-state index contributed by atoms with van der Waals surface area (Å²) in [7, 11) is 0. The third-order valence-corrected chi connectivity index (χ3v) is 3.10. The standard InChI is InChI=1S/C13H19N3O.2ClH/c1-11-10-16(9-8-15-11)13(17)3-2-12-4-6-14-7-5-12;;/h4-7,11,15H,2-3,8-10H2,1H3;2*1H. The number of hydrogen-bond donors (Lipinski definition) is 1. The first-order chi connectivity index (χ1) is 8.25. The Kier molecular flexibility index (Phi) is 8.72. The van der Waals surface area contributed by atoms with Gasteiger partial charge in [0, 0.05) is 44.5 Å². The smallest absolute Gasteiger partial charge is 0.222 e. The van der Waals surface area contributed by atoms with Crippen LogP contribution in [0.25, 0.3) is 0 Å². The molecule has 1 saturated heterocycles. The summed E-state index contributed by atoms with van der Waals surface area (Å²) >= 11 is 0. The molecule has 6 heteroatoms. The number of pyridine rings is 1. The molecule has 1 unspecified atom stereocenters. The number of carbonyl (C=O) groups excluding carboxylic acids is 1. The summed E-state index contributed by atoms with van der Waals surface area (Å²) < 4.78 is 0. The number of halogens is 2. The maximum Gasteiger partial charge on any atom is 0.222 e. The Balaban J connectivity index is 0.00000162. The van der Waals surface area contributed by atoms with Crippen LogP contribution in [0.3, 0.4) is 0 Å². The minimum absolute atomic E-state index is 0. The molecule has 0 aliphatic carbocycles. The van der Waals surface area contributed by atoms with Gasteiger partial charge in [-0.3, -0.25) is 9.78 Å². The van der Waals surface area contributed by atoms with Crippen LogP contribution in [0, 0.1) is 0 Å². The molecule has 1 atom stereocenters. The maximum atomic E-state index is 12.0. The zero-order valence-corrected chi connectivity index (χ0v) is 12.7. The summed E-state index contributed by atoms with van der Waals surface area (Å²) in [5.74, 6) is 0.259. The lowest BCUT2D eigenvalue weighted by molar-refractivity contribution is -0.132. The largest absolute Gasteiger partial charge is 0.340 e. The van der Waals surface area contributed by atoms with Gasteiger partial charge in [0.25, 0.3) is 0 Å². The van der Waals surface area contributed by atoms with E-state index in [1.807, 2.05) is 17.0 Å². The fraction of sp³-hybridized carbons (Fsp3) is 0.538. The molecule has 19 heavy (non-hydrogen) atoms. The van der Waals surface area contributed by atoms with Crippen molar-refractivity contribution in [2.45, 2.75) is 25.8 Å². The van der Waals surface area contributed by atoms with Gasteiger partial charge in [-0.25, -0.2) is 0 Å². The molecule has 1 aromatic rings. The lowest BCUT2D eigenvalue weighted by Crippen LogP contribution is -2.51. The van der Waals surface area contributed by atoms with Crippen molar-refractivity contribution in [2.75, 3.05) is 19.6 Å². The van der Waals surface area contributed by atoms with Crippen molar-refractivity contribution in [2.24, 2.45) is 0 Å². The summed E-state index contributed by atoms with van der Waals surface area (Å²) in [6, 6.07) is 4.34. The van der Waals surface area contributed by atoms with Crippen LogP contribution < -0.4 is 5.32 Å². The lowest BCUT2D eigenvalue weighted by atomic mass is 10.1. The summed E-state index contributed by atoms with van der Waals surface area (Å²) in [4.78, 5) is 17.9. The van der Waals surface area contributed by atoms with Crippen molar-refractivity contribution in [3.8, 4) is 0 Å². The lowest BCUT2D eigenvalue weighted by Gasteiger charge is -2.32. The number of aryl methyl sites for hydroxylation is 1. The number of hydrogen-bond acceptors (Lipinski definition) is 3. The van der Waals surface area contributed by atoms with Gasteiger partial charge in [0.05, 0.1) is 0 Å². The Morgan fingerprint density at radius 3 is 2.74 bits per heavy atom. The second kappa shape index (κ2) is 9.13. The molecule has 108 valence electrons. The first-order valence-corrected chi connectivity index (χ1v) is 6.16. The number of nitrogens with zero attached hydrogens (tertiary/aromatic N) is 2. The molecule has 2 heterocycles. The summed E-state index contributed by atoms with van der Waals surface area (Å²) in [5, 5.41) is 3.34. The highest BCUT2D eigenvalue weighted by Gasteiger charge is 2.19. The van der Waals surface area contributed by atoms with Crippen LogP contribution in [0.4, 0.5) is 0 Å². The van der Waals surface area contributed by atoms with Gasteiger partial charge < -0.3 is 10.2 Å². The quantitative estimate of drug-likeness (QED) is 0.924. The SMILES string of the molecule is CC1CN(C(=O)CCc2ccncc2)CCN1.Cl.Cl. The number of carbonyl (C=O) groups is 1. The Morgan fingerprint density at radius 1 is 1.42 bits per heavy atom. The van der Waals surface area contributed by atoms with Crippen molar-refractivity contribution in [3.63, 3.8) is 0 Å². The molecule has 0 radical (unpaired) electrons. The van der Waals surface area contributed by atoms with E-state index < -0.39 is 0 Å². The minimum Gasteiger partial charge on any atom is -0.340 e. The predicted octanol–water partition coefficient (Wildman–Crippen LogP) is 1.68. The van der Waals surface area contributed by atoms with E-state index in [1.165, 1.54) is 5.56 Å². The van der Waals surface area contributed by atoms with E-state index in [0.717, 1.165) is 26.1 Å². The zero-order chi connectivity index (χ0) is 12.1. The highest BCUT2D eigenvalue weighted by Crippen LogP contribution is 2.06. The van der Waals surface area contributed by atoms with Gasteiger partial charge in [-0.15, -0.1) is 24.8 Å². The van der Waals surface area contributed by atoms with E-state index in [1.54, 1.807) is 12.4 Å². The fourth-order valence-electron chi connectivity index (χ4n) is 2.12. The number of nitrogens with one attached hydrogen (secondary N) is 1. The molecule has 4 nitrogen and oxygen atoms in total. The average molecular weight is 306 g/mol. The van der Waals surface area contributed by atoms with Crippen molar-refractivity contribution < 1.29 is 4.79 Å². The van der Waals surface area contributed by atoms with Crippen molar-refractivity contribution in [3.05, 3.63) is 30.1 Å². The molecular formula is C13H21Cl2N3O. The average Bonchev–Trinajstić information content (AvgIpc) is 2.37. The fourth-order valence-corrected chi connectivity index (χ4v) is 2.12. The van der Waals surface area contributed by atoms with Crippen LogP contribution in [0.15, 0.2) is 24.5 Å². The van der Waals surface area contributed by atoms with Crippen LogP contribution in [-0.4, -0.2) is 41.5 Å². The van der Waals surface area contributed by atoms with Crippen LogP contribution in [-0.2, 0) is 11.2 Å². The minimum atomic E-state index is 0. The number of piperazine rings is 1. The molecule has 0 bridgehead atoms. The molecule has 2 rings (SSSR count). The Morgan fingerprint density at radius 2 is 2.11 bits per heavy atom. The molecule has 0 spiro atoms. The van der Waals surface area contributed by atoms with E-state index >= 15 is 0 Å². The highest BCUT2D eigenvalue weighted by atomic mass is 35.5. The van der Waals surface area contributed by atoms with E-state index in [2.05, 4.69) is 17.2 Å². The van der Waals surface area contributed by atoms with Gasteiger partial charge in [0.15, 0.2) is 0 Å². The molecule has 1 aliphatic rings. The van der Waals surface area contributed by atoms with Crippen LogP contribution in [0.5, 0.6) is 0 Å². The predicted molar refractivity (Wildman–Crippen MR) is 81.1 cm³/mol. The van der Waals surface area contributed by atoms with Crippen molar-refractivity contribution >= 4 is 30.7 Å². The molecule has 1 fully saturated rings.